The molecule has 0 aliphatic rings. The lowest BCUT2D eigenvalue weighted by atomic mass is 10.2. The van der Waals surface area contributed by atoms with Crippen LogP contribution in [0.4, 0.5) is 8.78 Å². The number of nitrogens with one attached hydrogen (secondary N) is 1. The molecular weight excluding hydrogens is 246 g/mol. The van der Waals surface area contributed by atoms with Gasteiger partial charge in [0.25, 0.3) is 6.43 Å². The first kappa shape index (κ1) is 14.6. The zero-order valence-corrected chi connectivity index (χ0v) is 10.2. The van der Waals surface area contributed by atoms with Gasteiger partial charge in [0, 0.05) is 31.5 Å². The predicted molar refractivity (Wildman–Crippen MR) is 60.8 cm³/mol. The van der Waals surface area contributed by atoms with Gasteiger partial charge in [0.1, 0.15) is 6.10 Å². The molecule has 0 amide bonds. The van der Waals surface area contributed by atoms with Gasteiger partial charge in [0.05, 0.1) is 5.56 Å². The van der Waals surface area contributed by atoms with Crippen molar-refractivity contribution in [1.29, 1.82) is 0 Å². The summed E-state index contributed by atoms with van der Waals surface area (Å²) in [5.41, 5.74) is 1.43. The molecule has 5 nitrogen and oxygen atoms in total. The Labute approximate surface area is 103 Å². The molecule has 0 radical (unpaired) electrons. The van der Waals surface area contributed by atoms with Crippen LogP contribution in [0.25, 0.3) is 0 Å². The minimum atomic E-state index is -2.79. The number of aliphatic hydroxyl groups excluding tert-OH is 1. The van der Waals surface area contributed by atoms with Crippen LogP contribution in [0, 0.1) is 6.92 Å². The summed E-state index contributed by atoms with van der Waals surface area (Å²) in [4.78, 5) is 10.9. The molecule has 18 heavy (non-hydrogen) atoms. The zero-order chi connectivity index (χ0) is 13.9. The number of halogens is 2. The molecule has 0 fully saturated rings. The quantitative estimate of drug-likeness (QED) is 0.707. The second kappa shape index (κ2) is 5.92. The van der Waals surface area contributed by atoms with Crippen LogP contribution in [0.5, 0.6) is 0 Å². The Kier molecular flexibility index (Phi) is 4.80. The van der Waals surface area contributed by atoms with Crippen molar-refractivity contribution in [2.75, 3.05) is 6.54 Å². The van der Waals surface area contributed by atoms with E-state index in [9.17, 15) is 13.6 Å². The highest BCUT2D eigenvalue weighted by Crippen LogP contribution is 2.14. The van der Waals surface area contributed by atoms with Gasteiger partial charge in [-0.05, 0) is 13.0 Å². The van der Waals surface area contributed by atoms with Crippen LogP contribution in [0.3, 0.4) is 0 Å². The van der Waals surface area contributed by atoms with Crippen LogP contribution in [0.1, 0.15) is 21.7 Å². The highest BCUT2D eigenvalue weighted by Gasteiger charge is 2.17. The molecule has 1 atom stereocenters. The van der Waals surface area contributed by atoms with Crippen molar-refractivity contribution in [1.82, 2.24) is 9.88 Å². The van der Waals surface area contributed by atoms with Gasteiger partial charge >= 0.3 is 5.97 Å². The Balaban J connectivity index is 2.63. The fourth-order valence-electron chi connectivity index (χ4n) is 1.59. The Bertz CT molecular complexity index is 432. The summed E-state index contributed by atoms with van der Waals surface area (Å²) in [6.07, 6.45) is -4.51. The molecule has 0 aliphatic carbocycles. The molecule has 1 heterocycles. The topological polar surface area (TPSA) is 74.5 Å². The number of alkyl halides is 2. The molecule has 0 aliphatic heterocycles. The molecule has 1 unspecified atom stereocenters. The Morgan fingerprint density at radius 3 is 2.61 bits per heavy atom. The third kappa shape index (κ3) is 3.27. The highest BCUT2D eigenvalue weighted by atomic mass is 19.3. The summed E-state index contributed by atoms with van der Waals surface area (Å²) in [5.74, 6) is -1.03. The maximum absolute atomic E-state index is 12.0. The van der Waals surface area contributed by atoms with Crippen molar-refractivity contribution in [3.8, 4) is 0 Å². The van der Waals surface area contributed by atoms with Crippen LogP contribution >= 0.6 is 0 Å². The van der Waals surface area contributed by atoms with Gasteiger partial charge in [-0.1, -0.05) is 0 Å². The average Bonchev–Trinajstić information content (AvgIpc) is 2.57. The van der Waals surface area contributed by atoms with Crippen LogP contribution in [-0.4, -0.2) is 39.8 Å². The number of aliphatic hydroxyl groups is 1. The van der Waals surface area contributed by atoms with Gasteiger partial charge in [0.15, 0.2) is 0 Å². The van der Waals surface area contributed by atoms with E-state index < -0.39 is 18.5 Å². The molecule has 0 aromatic carbocycles. The summed E-state index contributed by atoms with van der Waals surface area (Å²) < 4.78 is 25.7. The largest absolute Gasteiger partial charge is 0.478 e. The lowest BCUT2D eigenvalue weighted by molar-refractivity contribution is -0.00346. The first-order valence-electron chi connectivity index (χ1n) is 5.40. The van der Waals surface area contributed by atoms with E-state index in [1.807, 2.05) is 0 Å². The Morgan fingerprint density at radius 2 is 2.17 bits per heavy atom. The lowest BCUT2D eigenvalue weighted by Crippen LogP contribution is -2.32. The van der Waals surface area contributed by atoms with E-state index in [2.05, 4.69) is 5.32 Å². The fraction of sp³-hybridized carbons (Fsp3) is 0.545. The first-order chi connectivity index (χ1) is 8.34. The molecule has 3 N–H and O–H groups in total. The highest BCUT2D eigenvalue weighted by molar-refractivity contribution is 5.89. The van der Waals surface area contributed by atoms with E-state index in [0.29, 0.717) is 11.4 Å². The van der Waals surface area contributed by atoms with Crippen molar-refractivity contribution in [2.45, 2.75) is 26.0 Å². The van der Waals surface area contributed by atoms with Gasteiger partial charge in [-0.25, -0.2) is 13.6 Å². The molecule has 1 aromatic rings. The third-order valence-electron chi connectivity index (χ3n) is 2.82. The number of aromatic nitrogens is 1. The third-order valence-corrected chi connectivity index (χ3v) is 2.82. The monoisotopic (exact) mass is 262 g/mol. The Hall–Kier alpha value is -1.47. The maximum Gasteiger partial charge on any atom is 0.337 e. The van der Waals surface area contributed by atoms with E-state index in [4.69, 9.17) is 10.2 Å². The summed E-state index contributed by atoms with van der Waals surface area (Å²) in [7, 11) is 1.70. The molecule has 0 spiro atoms. The van der Waals surface area contributed by atoms with Crippen molar-refractivity contribution < 1.29 is 23.8 Å². The molecular formula is C11H16F2N2O3. The second-order valence-electron chi connectivity index (χ2n) is 4.03. The van der Waals surface area contributed by atoms with Gasteiger partial charge in [-0.15, -0.1) is 0 Å². The second-order valence-corrected chi connectivity index (χ2v) is 4.03. The van der Waals surface area contributed by atoms with E-state index in [1.54, 1.807) is 18.5 Å². The smallest absolute Gasteiger partial charge is 0.337 e. The van der Waals surface area contributed by atoms with Gasteiger partial charge in [0.2, 0.25) is 0 Å². The number of hydrogen-bond donors (Lipinski definition) is 3. The lowest BCUT2D eigenvalue weighted by Gasteiger charge is -2.11. The summed E-state index contributed by atoms with van der Waals surface area (Å²) >= 11 is 0. The molecule has 0 bridgehead atoms. The number of nitrogens with zero attached hydrogens (tertiary/aromatic N) is 1. The minimum Gasteiger partial charge on any atom is -0.478 e. The van der Waals surface area contributed by atoms with Crippen molar-refractivity contribution in [3.63, 3.8) is 0 Å². The van der Waals surface area contributed by atoms with E-state index >= 15 is 0 Å². The number of carbonyl (C=O) groups is 1. The van der Waals surface area contributed by atoms with E-state index in [-0.39, 0.29) is 18.7 Å². The maximum atomic E-state index is 12.0. The van der Waals surface area contributed by atoms with Gasteiger partial charge in [-0.3, -0.25) is 0 Å². The van der Waals surface area contributed by atoms with Crippen molar-refractivity contribution in [2.24, 2.45) is 7.05 Å². The molecule has 1 aromatic heterocycles. The first-order valence-corrected chi connectivity index (χ1v) is 5.40. The number of carboxylic acids is 1. The summed E-state index contributed by atoms with van der Waals surface area (Å²) in [6.45, 7) is 1.64. The molecule has 0 saturated heterocycles. The number of hydrogen-bond acceptors (Lipinski definition) is 3. The van der Waals surface area contributed by atoms with E-state index in [1.165, 1.54) is 6.07 Å². The number of rotatable bonds is 6. The van der Waals surface area contributed by atoms with E-state index in [0.717, 1.165) is 0 Å². The fourth-order valence-corrected chi connectivity index (χ4v) is 1.59. The molecule has 7 heteroatoms. The molecule has 1 rings (SSSR count). The van der Waals surface area contributed by atoms with Crippen LogP contribution in [0.15, 0.2) is 6.07 Å². The van der Waals surface area contributed by atoms with Crippen LogP contribution in [0.2, 0.25) is 0 Å². The number of carboxylic acid groups (broad SMARTS) is 1. The van der Waals surface area contributed by atoms with Crippen molar-refractivity contribution in [3.05, 3.63) is 23.0 Å². The van der Waals surface area contributed by atoms with Gasteiger partial charge in [-0.2, -0.15) is 0 Å². The van der Waals surface area contributed by atoms with Crippen LogP contribution < -0.4 is 5.32 Å². The zero-order valence-electron chi connectivity index (χ0n) is 10.2. The predicted octanol–water partition coefficient (Wildman–Crippen LogP) is 0.747. The normalized spacial score (nSPS) is 13.0. The average molecular weight is 262 g/mol. The summed E-state index contributed by atoms with van der Waals surface area (Å²) in [5, 5.41) is 20.5. The Morgan fingerprint density at radius 1 is 1.56 bits per heavy atom. The SMILES string of the molecule is Cc1c(C(=O)O)cc(CNCC(O)C(F)F)n1C. The minimum absolute atomic E-state index is 0.184. The van der Waals surface area contributed by atoms with Crippen LogP contribution in [-0.2, 0) is 13.6 Å². The molecule has 102 valence electrons. The number of aromatic carboxylic acids is 1. The summed E-state index contributed by atoms with van der Waals surface area (Å²) in [6, 6.07) is 1.49. The standard InChI is InChI=1S/C11H16F2N2O3/c1-6-8(11(17)18)3-7(15(6)2)4-14-5-9(16)10(12)13/h3,9-10,14,16H,4-5H2,1-2H3,(H,17,18). The van der Waals surface area contributed by atoms with Gasteiger partial charge < -0.3 is 20.1 Å². The molecule has 0 saturated carbocycles. The van der Waals surface area contributed by atoms with Crippen molar-refractivity contribution >= 4 is 5.97 Å².